The molecule has 1 heterocycles. The van der Waals surface area contributed by atoms with Crippen LogP contribution >= 0.6 is 0 Å². The second-order valence-corrected chi connectivity index (χ2v) is 6.20. The lowest BCUT2D eigenvalue weighted by Crippen LogP contribution is -2.51. The molecule has 1 aliphatic rings. The van der Waals surface area contributed by atoms with Gasteiger partial charge in [-0.2, -0.15) is 0 Å². The van der Waals surface area contributed by atoms with Gasteiger partial charge in [0.25, 0.3) is 5.91 Å². The fraction of sp³-hybridized carbons (Fsp3) is 0.529. The normalized spacial score (nSPS) is 22.1. The van der Waals surface area contributed by atoms with E-state index in [4.69, 9.17) is 5.73 Å². The first-order chi connectivity index (χ1) is 9.88. The highest BCUT2D eigenvalue weighted by Gasteiger charge is 2.40. The van der Waals surface area contributed by atoms with Crippen LogP contribution in [0.5, 0.6) is 0 Å². The summed E-state index contributed by atoms with van der Waals surface area (Å²) in [6.07, 6.45) is 2.28. The van der Waals surface area contributed by atoms with Crippen molar-refractivity contribution >= 4 is 11.8 Å². The summed E-state index contributed by atoms with van der Waals surface area (Å²) in [6.45, 7) is 7.07. The lowest BCUT2D eigenvalue weighted by Gasteiger charge is -2.40. The molecule has 1 aliphatic heterocycles. The molecular formula is C17H24N2O2. The lowest BCUT2D eigenvalue weighted by atomic mass is 9.77. The van der Waals surface area contributed by atoms with Crippen LogP contribution in [0.2, 0.25) is 0 Å². The largest absolute Gasteiger partial charge is 0.369 e. The predicted octanol–water partition coefficient (Wildman–Crippen LogP) is 2.42. The molecule has 0 saturated carbocycles. The molecule has 1 atom stereocenters. The van der Waals surface area contributed by atoms with Crippen molar-refractivity contribution in [2.75, 3.05) is 13.1 Å². The van der Waals surface area contributed by atoms with Gasteiger partial charge in [0.1, 0.15) is 0 Å². The number of hydrogen-bond donors (Lipinski definition) is 1. The molecular weight excluding hydrogens is 264 g/mol. The van der Waals surface area contributed by atoms with Crippen LogP contribution in [0, 0.1) is 19.3 Å². The van der Waals surface area contributed by atoms with Crippen LogP contribution in [0.15, 0.2) is 18.2 Å². The quantitative estimate of drug-likeness (QED) is 0.928. The number of likely N-dealkylation sites (tertiary alicyclic amines) is 1. The van der Waals surface area contributed by atoms with Crippen LogP contribution in [0.3, 0.4) is 0 Å². The molecule has 1 aromatic carbocycles. The van der Waals surface area contributed by atoms with Gasteiger partial charge in [-0.15, -0.1) is 0 Å². The van der Waals surface area contributed by atoms with E-state index in [1.807, 2.05) is 39.0 Å². The Morgan fingerprint density at radius 1 is 1.24 bits per heavy atom. The fourth-order valence-electron chi connectivity index (χ4n) is 3.25. The Hall–Kier alpha value is -1.84. The number of piperidine rings is 1. The average Bonchev–Trinajstić information content (AvgIpc) is 2.45. The molecule has 0 aliphatic carbocycles. The minimum atomic E-state index is -0.563. The van der Waals surface area contributed by atoms with Gasteiger partial charge < -0.3 is 10.6 Å². The number of benzene rings is 1. The molecule has 4 heteroatoms. The summed E-state index contributed by atoms with van der Waals surface area (Å²) in [5.41, 5.74) is 7.87. The number of hydrogen-bond acceptors (Lipinski definition) is 2. The van der Waals surface area contributed by atoms with Gasteiger partial charge in [0.15, 0.2) is 0 Å². The van der Waals surface area contributed by atoms with Gasteiger partial charge in [0, 0.05) is 18.7 Å². The Kier molecular flexibility index (Phi) is 4.35. The maximum atomic E-state index is 12.7. The van der Waals surface area contributed by atoms with Crippen LogP contribution < -0.4 is 5.73 Å². The van der Waals surface area contributed by atoms with Gasteiger partial charge in [0.05, 0.1) is 5.41 Å². The first-order valence-electron chi connectivity index (χ1n) is 7.55. The van der Waals surface area contributed by atoms with E-state index in [0.717, 1.165) is 24.0 Å². The van der Waals surface area contributed by atoms with E-state index in [2.05, 4.69) is 0 Å². The third-order valence-electron chi connectivity index (χ3n) is 4.53. The molecule has 4 nitrogen and oxygen atoms in total. The minimum absolute atomic E-state index is 0.000532. The highest BCUT2D eigenvalue weighted by molar-refractivity contribution is 5.95. The Bertz CT molecular complexity index is 548. The maximum absolute atomic E-state index is 12.7. The van der Waals surface area contributed by atoms with Gasteiger partial charge in [-0.3, -0.25) is 9.59 Å². The van der Waals surface area contributed by atoms with Crippen LogP contribution in [-0.2, 0) is 4.79 Å². The smallest absolute Gasteiger partial charge is 0.253 e. The van der Waals surface area contributed by atoms with Crippen LogP contribution in [0.25, 0.3) is 0 Å². The number of nitrogens with two attached hydrogens (primary N) is 1. The number of amides is 2. The number of carbonyl (C=O) groups is 2. The molecule has 2 rings (SSSR count). The minimum Gasteiger partial charge on any atom is -0.369 e. The van der Waals surface area contributed by atoms with E-state index in [0.29, 0.717) is 25.1 Å². The molecule has 0 spiro atoms. The number of nitrogens with zero attached hydrogens (tertiary/aromatic N) is 1. The molecule has 1 aromatic rings. The third-order valence-corrected chi connectivity index (χ3v) is 4.53. The van der Waals surface area contributed by atoms with Crippen molar-refractivity contribution in [3.63, 3.8) is 0 Å². The second-order valence-electron chi connectivity index (χ2n) is 6.20. The van der Waals surface area contributed by atoms with E-state index in [1.54, 1.807) is 4.90 Å². The fourth-order valence-corrected chi connectivity index (χ4v) is 3.25. The lowest BCUT2D eigenvalue weighted by molar-refractivity contribution is -0.130. The monoisotopic (exact) mass is 288 g/mol. The first kappa shape index (κ1) is 15.5. The molecule has 2 N–H and O–H groups in total. The van der Waals surface area contributed by atoms with Crippen molar-refractivity contribution in [2.45, 2.75) is 40.0 Å². The number of primary amides is 1. The standard InChI is InChI=1S/C17H24N2O2/c1-4-17(16(18)21)6-5-7-19(11-17)15(20)14-9-12(2)8-13(3)10-14/h8-10H,4-7,11H2,1-3H3,(H2,18,21). The van der Waals surface area contributed by atoms with E-state index < -0.39 is 5.41 Å². The van der Waals surface area contributed by atoms with Crippen molar-refractivity contribution in [1.29, 1.82) is 0 Å². The highest BCUT2D eigenvalue weighted by Crippen LogP contribution is 2.33. The zero-order valence-corrected chi connectivity index (χ0v) is 13.1. The van der Waals surface area contributed by atoms with Crippen molar-refractivity contribution in [3.05, 3.63) is 34.9 Å². The van der Waals surface area contributed by atoms with Gasteiger partial charge in [-0.1, -0.05) is 24.1 Å². The Balaban J connectivity index is 2.25. The topological polar surface area (TPSA) is 63.4 Å². The molecule has 0 radical (unpaired) electrons. The van der Waals surface area contributed by atoms with Crippen LogP contribution in [0.4, 0.5) is 0 Å². The Labute approximate surface area is 126 Å². The maximum Gasteiger partial charge on any atom is 0.253 e. The van der Waals surface area contributed by atoms with Gasteiger partial charge in [-0.05, 0) is 45.2 Å². The molecule has 114 valence electrons. The van der Waals surface area contributed by atoms with Gasteiger partial charge in [0.2, 0.25) is 5.91 Å². The Morgan fingerprint density at radius 3 is 2.38 bits per heavy atom. The summed E-state index contributed by atoms with van der Waals surface area (Å²) in [4.78, 5) is 26.3. The molecule has 0 bridgehead atoms. The van der Waals surface area contributed by atoms with E-state index in [1.165, 1.54) is 0 Å². The van der Waals surface area contributed by atoms with Crippen LogP contribution in [-0.4, -0.2) is 29.8 Å². The van der Waals surface area contributed by atoms with E-state index in [-0.39, 0.29) is 11.8 Å². The summed E-state index contributed by atoms with van der Waals surface area (Å²) in [7, 11) is 0. The van der Waals surface area contributed by atoms with Crippen molar-refractivity contribution in [3.8, 4) is 0 Å². The van der Waals surface area contributed by atoms with E-state index >= 15 is 0 Å². The number of aryl methyl sites for hydroxylation is 2. The first-order valence-corrected chi connectivity index (χ1v) is 7.55. The third kappa shape index (κ3) is 3.09. The van der Waals surface area contributed by atoms with Crippen molar-refractivity contribution < 1.29 is 9.59 Å². The molecule has 0 aromatic heterocycles. The summed E-state index contributed by atoms with van der Waals surface area (Å²) < 4.78 is 0. The molecule has 1 fully saturated rings. The van der Waals surface area contributed by atoms with E-state index in [9.17, 15) is 9.59 Å². The average molecular weight is 288 g/mol. The molecule has 21 heavy (non-hydrogen) atoms. The van der Waals surface area contributed by atoms with Crippen molar-refractivity contribution in [1.82, 2.24) is 4.90 Å². The second kappa shape index (κ2) is 5.88. The summed E-state index contributed by atoms with van der Waals surface area (Å²) in [6, 6.07) is 5.86. The zero-order chi connectivity index (χ0) is 15.6. The SMILES string of the molecule is CCC1(C(N)=O)CCCN(C(=O)c2cc(C)cc(C)c2)C1. The van der Waals surface area contributed by atoms with Crippen molar-refractivity contribution in [2.24, 2.45) is 11.1 Å². The molecule has 1 saturated heterocycles. The summed E-state index contributed by atoms with van der Waals surface area (Å²) >= 11 is 0. The van der Waals surface area contributed by atoms with Crippen LogP contribution in [0.1, 0.15) is 47.7 Å². The molecule has 1 unspecified atom stereocenters. The number of rotatable bonds is 3. The predicted molar refractivity (Wildman–Crippen MR) is 83.0 cm³/mol. The molecule has 2 amide bonds. The zero-order valence-electron chi connectivity index (χ0n) is 13.1. The van der Waals surface area contributed by atoms with Gasteiger partial charge in [-0.25, -0.2) is 0 Å². The Morgan fingerprint density at radius 2 is 1.86 bits per heavy atom. The highest BCUT2D eigenvalue weighted by atomic mass is 16.2. The van der Waals surface area contributed by atoms with Gasteiger partial charge >= 0.3 is 0 Å². The summed E-state index contributed by atoms with van der Waals surface area (Å²) in [5.74, 6) is -0.288. The number of carbonyl (C=O) groups excluding carboxylic acids is 2. The summed E-state index contributed by atoms with van der Waals surface area (Å²) in [5, 5.41) is 0.